The van der Waals surface area contributed by atoms with E-state index in [1.165, 1.54) is 31.1 Å². The van der Waals surface area contributed by atoms with Crippen LogP contribution in [0.3, 0.4) is 0 Å². The predicted molar refractivity (Wildman–Crippen MR) is 92.3 cm³/mol. The maximum atomic E-state index is 12.4. The van der Waals surface area contributed by atoms with Crippen LogP contribution in [0.15, 0.2) is 58.4 Å². The van der Waals surface area contributed by atoms with Crippen molar-refractivity contribution in [1.29, 1.82) is 0 Å². The summed E-state index contributed by atoms with van der Waals surface area (Å²) in [4.78, 5) is 36.2. The number of amides is 1. The molecule has 0 unspecified atom stereocenters. The van der Waals surface area contributed by atoms with Crippen molar-refractivity contribution in [1.82, 2.24) is 19.3 Å². The van der Waals surface area contributed by atoms with Crippen LogP contribution < -0.4 is 16.6 Å². The molecule has 0 bridgehead atoms. The van der Waals surface area contributed by atoms with Gasteiger partial charge in [-0.15, -0.1) is 0 Å². The lowest BCUT2D eigenvalue weighted by Gasteiger charge is -2.08. The minimum Gasteiger partial charge on any atom is -0.316 e. The number of hydrogen-bond acceptors (Lipinski definition) is 5. The van der Waals surface area contributed by atoms with Crippen LogP contribution >= 0.6 is 0 Å². The van der Waals surface area contributed by atoms with Crippen molar-refractivity contribution in [2.75, 3.05) is 5.32 Å². The third-order valence-corrected chi connectivity index (χ3v) is 3.68. The van der Waals surface area contributed by atoms with Crippen molar-refractivity contribution in [3.63, 3.8) is 0 Å². The highest BCUT2D eigenvalue weighted by Crippen LogP contribution is 2.16. The Labute approximate surface area is 142 Å². The molecule has 25 heavy (non-hydrogen) atoms. The van der Waals surface area contributed by atoms with E-state index in [2.05, 4.69) is 15.5 Å². The number of carbonyl (C=O) groups excluding carboxylic acids is 1. The van der Waals surface area contributed by atoms with Gasteiger partial charge in [0.2, 0.25) is 0 Å². The Morgan fingerprint density at radius 2 is 1.84 bits per heavy atom. The van der Waals surface area contributed by atoms with Gasteiger partial charge in [-0.1, -0.05) is 30.3 Å². The molecule has 8 heteroatoms. The number of aryl methyl sites for hydroxylation is 1. The molecule has 0 saturated carbocycles. The van der Waals surface area contributed by atoms with Crippen LogP contribution in [-0.2, 0) is 14.1 Å². The number of nitrogens with zero attached hydrogens (tertiary/aromatic N) is 4. The molecule has 0 aliphatic carbocycles. The van der Waals surface area contributed by atoms with Gasteiger partial charge < -0.3 is 9.88 Å². The minimum atomic E-state index is -0.582. The van der Waals surface area contributed by atoms with Crippen LogP contribution in [0.25, 0.3) is 11.3 Å². The van der Waals surface area contributed by atoms with E-state index in [1.54, 1.807) is 6.07 Å². The molecule has 3 aromatic rings. The average molecular weight is 337 g/mol. The van der Waals surface area contributed by atoms with Gasteiger partial charge in [0.15, 0.2) is 0 Å². The topological polar surface area (TPSA) is 98.9 Å². The zero-order valence-electron chi connectivity index (χ0n) is 13.6. The molecule has 0 radical (unpaired) electrons. The van der Waals surface area contributed by atoms with Crippen LogP contribution in [0.5, 0.6) is 0 Å². The third-order valence-electron chi connectivity index (χ3n) is 3.68. The fourth-order valence-electron chi connectivity index (χ4n) is 2.33. The molecule has 3 rings (SSSR count). The second-order valence-electron chi connectivity index (χ2n) is 5.45. The van der Waals surface area contributed by atoms with Crippen molar-refractivity contribution in [3.05, 3.63) is 75.2 Å². The highest BCUT2D eigenvalue weighted by Gasteiger charge is 2.13. The Hall–Kier alpha value is -3.55. The first-order valence-electron chi connectivity index (χ1n) is 7.43. The lowest BCUT2D eigenvalue weighted by molar-refractivity contribution is 0.102. The predicted octanol–water partition coefficient (Wildman–Crippen LogP) is 0.793. The fourth-order valence-corrected chi connectivity index (χ4v) is 2.33. The van der Waals surface area contributed by atoms with Crippen LogP contribution in [0.2, 0.25) is 0 Å². The number of hydrogen-bond donors (Lipinski definition) is 1. The highest BCUT2D eigenvalue weighted by atomic mass is 16.2. The maximum Gasteiger partial charge on any atom is 0.330 e. The van der Waals surface area contributed by atoms with Gasteiger partial charge >= 0.3 is 5.69 Å². The Morgan fingerprint density at radius 3 is 2.56 bits per heavy atom. The lowest BCUT2D eigenvalue weighted by Crippen LogP contribution is -2.38. The summed E-state index contributed by atoms with van der Waals surface area (Å²) in [5.74, 6) is -0.511. The Kier molecular flexibility index (Phi) is 4.25. The summed E-state index contributed by atoms with van der Waals surface area (Å²) in [6.45, 7) is 0. The lowest BCUT2D eigenvalue weighted by atomic mass is 10.1. The quantitative estimate of drug-likeness (QED) is 0.762. The third kappa shape index (κ3) is 3.23. The summed E-state index contributed by atoms with van der Waals surface area (Å²) in [5, 5.41) is 10.4. The molecule has 1 amide bonds. The first-order valence-corrected chi connectivity index (χ1v) is 7.43. The van der Waals surface area contributed by atoms with Gasteiger partial charge in [0.1, 0.15) is 5.69 Å². The van der Waals surface area contributed by atoms with Gasteiger partial charge in [0.25, 0.3) is 11.5 Å². The normalized spacial score (nSPS) is 10.5. The summed E-state index contributed by atoms with van der Waals surface area (Å²) in [6.07, 6.45) is 2.60. The molecular formula is C17H15N5O3. The van der Waals surface area contributed by atoms with E-state index in [4.69, 9.17) is 0 Å². The molecule has 2 aromatic heterocycles. The van der Waals surface area contributed by atoms with E-state index in [1.807, 2.05) is 30.3 Å². The molecule has 126 valence electrons. The summed E-state index contributed by atoms with van der Waals surface area (Å²) in [6, 6.07) is 10.9. The van der Waals surface area contributed by atoms with Crippen LogP contribution in [-0.4, -0.2) is 25.2 Å². The molecular weight excluding hydrogens is 322 g/mol. The SMILES string of the molecule is Cn1cc(NC(=O)c2cnnc(-c3ccccc3)c2)c(=O)n(C)c1=O. The standard InChI is InChI=1S/C17H15N5O3/c1-21-10-14(16(24)22(2)17(21)25)19-15(23)12-8-13(20-18-9-12)11-6-4-3-5-7-11/h3-10H,1-2H3,(H,19,23). The summed E-state index contributed by atoms with van der Waals surface area (Å²) in [7, 11) is 2.85. The Morgan fingerprint density at radius 1 is 1.12 bits per heavy atom. The number of nitrogens with one attached hydrogen (secondary N) is 1. The molecule has 0 fully saturated rings. The molecule has 0 atom stereocenters. The number of carbonyl (C=O) groups is 1. The zero-order chi connectivity index (χ0) is 18.0. The van der Waals surface area contributed by atoms with Crippen LogP contribution in [0.4, 0.5) is 5.69 Å². The van der Waals surface area contributed by atoms with E-state index >= 15 is 0 Å². The first-order chi connectivity index (χ1) is 12.0. The van der Waals surface area contributed by atoms with Gasteiger partial charge in [0, 0.05) is 25.9 Å². The zero-order valence-corrected chi connectivity index (χ0v) is 13.6. The number of aromatic nitrogens is 4. The summed E-state index contributed by atoms with van der Waals surface area (Å²) >= 11 is 0. The monoisotopic (exact) mass is 337 g/mol. The molecule has 0 aliphatic heterocycles. The van der Waals surface area contributed by atoms with Crippen molar-refractivity contribution >= 4 is 11.6 Å². The average Bonchev–Trinajstić information content (AvgIpc) is 2.65. The maximum absolute atomic E-state index is 12.4. The molecule has 1 N–H and O–H groups in total. The molecule has 0 aliphatic rings. The van der Waals surface area contributed by atoms with Crippen LogP contribution in [0, 0.1) is 0 Å². The summed E-state index contributed by atoms with van der Waals surface area (Å²) in [5.41, 5.74) is 0.573. The van der Waals surface area contributed by atoms with E-state index in [9.17, 15) is 14.4 Å². The number of benzene rings is 1. The highest BCUT2D eigenvalue weighted by molar-refractivity contribution is 6.04. The van der Waals surface area contributed by atoms with Crippen molar-refractivity contribution in [2.45, 2.75) is 0 Å². The number of rotatable bonds is 3. The van der Waals surface area contributed by atoms with Crippen molar-refractivity contribution < 1.29 is 4.79 Å². The second kappa shape index (κ2) is 6.52. The number of anilines is 1. The molecule has 2 heterocycles. The van der Waals surface area contributed by atoms with Gasteiger partial charge in [0.05, 0.1) is 17.5 Å². The van der Waals surface area contributed by atoms with E-state index in [0.717, 1.165) is 10.1 Å². The van der Waals surface area contributed by atoms with Gasteiger partial charge in [-0.3, -0.25) is 14.2 Å². The fraction of sp³-hybridized carbons (Fsp3) is 0.118. The first kappa shape index (κ1) is 16.3. The Bertz CT molecular complexity index is 1050. The van der Waals surface area contributed by atoms with E-state index in [0.29, 0.717) is 5.69 Å². The van der Waals surface area contributed by atoms with Gasteiger partial charge in [-0.25, -0.2) is 4.79 Å². The van der Waals surface area contributed by atoms with Crippen molar-refractivity contribution in [3.8, 4) is 11.3 Å². The largest absolute Gasteiger partial charge is 0.330 e. The Balaban J connectivity index is 1.93. The molecule has 1 aromatic carbocycles. The molecule has 8 nitrogen and oxygen atoms in total. The van der Waals surface area contributed by atoms with Gasteiger partial charge in [-0.05, 0) is 6.07 Å². The van der Waals surface area contributed by atoms with Gasteiger partial charge in [-0.2, -0.15) is 10.2 Å². The van der Waals surface area contributed by atoms with E-state index < -0.39 is 17.2 Å². The smallest absolute Gasteiger partial charge is 0.316 e. The summed E-state index contributed by atoms with van der Waals surface area (Å²) < 4.78 is 2.15. The minimum absolute atomic E-state index is 0.00710. The molecule has 0 saturated heterocycles. The molecule has 0 spiro atoms. The second-order valence-corrected chi connectivity index (χ2v) is 5.45. The van der Waals surface area contributed by atoms with Crippen LogP contribution in [0.1, 0.15) is 10.4 Å². The van der Waals surface area contributed by atoms with Crippen molar-refractivity contribution in [2.24, 2.45) is 14.1 Å². The van der Waals surface area contributed by atoms with E-state index in [-0.39, 0.29) is 11.3 Å².